The highest BCUT2D eigenvalue weighted by Gasteiger charge is 2.25. The minimum atomic E-state index is 0.0778. The van der Waals surface area contributed by atoms with E-state index in [1.807, 2.05) is 4.90 Å². The zero-order valence-electron chi connectivity index (χ0n) is 11.3. The lowest BCUT2D eigenvalue weighted by atomic mass is 9.98. The Labute approximate surface area is 117 Å². The first-order valence-electron chi connectivity index (χ1n) is 6.49. The molecule has 1 aliphatic heterocycles. The summed E-state index contributed by atoms with van der Waals surface area (Å²) in [5.41, 5.74) is 1.38. The third-order valence-electron chi connectivity index (χ3n) is 3.54. The maximum absolute atomic E-state index is 12.3. The van der Waals surface area contributed by atoms with Crippen molar-refractivity contribution in [3.8, 4) is 0 Å². The first kappa shape index (κ1) is 14.3. The van der Waals surface area contributed by atoms with Crippen LogP contribution < -0.4 is 0 Å². The molecule has 0 spiro atoms. The molecule has 1 fully saturated rings. The number of hydrogen-bond donors (Lipinski definition) is 0. The number of ether oxygens (including phenoxy) is 1. The summed E-state index contributed by atoms with van der Waals surface area (Å²) in [5.74, 6) is 0.510. The van der Waals surface area contributed by atoms with Crippen LogP contribution in [-0.4, -0.2) is 42.8 Å². The Morgan fingerprint density at radius 2 is 2.42 bits per heavy atom. The van der Waals surface area contributed by atoms with Crippen molar-refractivity contribution in [1.29, 1.82) is 0 Å². The highest BCUT2D eigenvalue weighted by molar-refractivity contribution is 6.29. The maximum Gasteiger partial charge on any atom is 0.229 e. The third-order valence-corrected chi connectivity index (χ3v) is 3.84. The average molecular weight is 287 g/mol. The number of aryl methyl sites for hydroxylation is 1. The van der Waals surface area contributed by atoms with Crippen LogP contribution in [0.5, 0.6) is 0 Å². The third kappa shape index (κ3) is 3.48. The zero-order valence-corrected chi connectivity index (χ0v) is 12.1. The Kier molecular flexibility index (Phi) is 4.82. The summed E-state index contributed by atoms with van der Waals surface area (Å²) in [7, 11) is 1.70. The monoisotopic (exact) mass is 286 g/mol. The number of rotatable bonds is 4. The van der Waals surface area contributed by atoms with Gasteiger partial charge in [0.15, 0.2) is 0 Å². The predicted octanol–water partition coefficient (Wildman–Crippen LogP) is 2.06. The number of halogens is 1. The molecule has 106 valence electrons. The molecule has 1 aliphatic rings. The fraction of sp³-hybridized carbons (Fsp3) is 0.692. The van der Waals surface area contributed by atoms with E-state index in [2.05, 4.69) is 5.16 Å². The van der Waals surface area contributed by atoms with E-state index >= 15 is 0 Å². The SMILES string of the molecule is COC[C@H]1CCCN(C(=O)Cc2c(C)noc2Cl)C1. The minimum Gasteiger partial charge on any atom is -0.384 e. The van der Waals surface area contributed by atoms with Crippen LogP contribution in [0.3, 0.4) is 0 Å². The molecule has 0 aliphatic carbocycles. The summed E-state index contributed by atoms with van der Waals surface area (Å²) < 4.78 is 10.0. The number of carbonyl (C=O) groups excluding carboxylic acids is 1. The number of hydrogen-bond acceptors (Lipinski definition) is 4. The van der Waals surface area contributed by atoms with E-state index in [0.29, 0.717) is 23.8 Å². The highest BCUT2D eigenvalue weighted by atomic mass is 35.5. The van der Waals surface area contributed by atoms with Crippen LogP contribution in [-0.2, 0) is 16.0 Å². The molecule has 2 heterocycles. The quantitative estimate of drug-likeness (QED) is 0.850. The fourth-order valence-corrected chi connectivity index (χ4v) is 2.72. The van der Waals surface area contributed by atoms with E-state index in [4.69, 9.17) is 20.9 Å². The van der Waals surface area contributed by atoms with E-state index in [9.17, 15) is 4.79 Å². The first-order chi connectivity index (χ1) is 9.11. The molecule has 6 heteroatoms. The molecule has 19 heavy (non-hydrogen) atoms. The summed E-state index contributed by atoms with van der Waals surface area (Å²) >= 11 is 5.89. The summed E-state index contributed by atoms with van der Waals surface area (Å²) in [5, 5.41) is 3.98. The van der Waals surface area contributed by atoms with Crippen molar-refractivity contribution in [2.45, 2.75) is 26.2 Å². The van der Waals surface area contributed by atoms with E-state index in [1.54, 1.807) is 14.0 Å². The number of likely N-dealkylation sites (tertiary alicyclic amines) is 1. The molecule has 0 bridgehead atoms. The number of methoxy groups -OCH3 is 1. The summed E-state index contributed by atoms with van der Waals surface area (Å²) in [6.45, 7) is 4.06. The molecule has 1 amide bonds. The van der Waals surface area contributed by atoms with Crippen LogP contribution in [0.25, 0.3) is 0 Å². The van der Waals surface area contributed by atoms with Gasteiger partial charge in [-0.2, -0.15) is 0 Å². The molecule has 2 rings (SSSR count). The molecule has 1 aromatic heterocycles. The van der Waals surface area contributed by atoms with Crippen LogP contribution >= 0.6 is 11.6 Å². The van der Waals surface area contributed by atoms with Crippen molar-refractivity contribution in [3.05, 3.63) is 16.5 Å². The molecule has 0 N–H and O–H groups in total. The molecule has 0 saturated carbocycles. The van der Waals surface area contributed by atoms with Gasteiger partial charge in [-0.15, -0.1) is 0 Å². The Hall–Kier alpha value is -1.07. The zero-order chi connectivity index (χ0) is 13.8. The van der Waals surface area contributed by atoms with Crippen molar-refractivity contribution in [1.82, 2.24) is 10.1 Å². The van der Waals surface area contributed by atoms with E-state index in [1.165, 1.54) is 0 Å². The average Bonchev–Trinajstić information content (AvgIpc) is 2.71. The minimum absolute atomic E-state index is 0.0778. The maximum atomic E-state index is 12.3. The van der Waals surface area contributed by atoms with Gasteiger partial charge in [-0.1, -0.05) is 5.16 Å². The van der Waals surface area contributed by atoms with Crippen molar-refractivity contribution in [3.63, 3.8) is 0 Å². The van der Waals surface area contributed by atoms with Gasteiger partial charge in [0.25, 0.3) is 0 Å². The highest BCUT2D eigenvalue weighted by Crippen LogP contribution is 2.22. The molecule has 0 unspecified atom stereocenters. The first-order valence-corrected chi connectivity index (χ1v) is 6.87. The van der Waals surface area contributed by atoms with Crippen LogP contribution in [0.4, 0.5) is 0 Å². The second-order valence-electron chi connectivity index (χ2n) is 5.00. The van der Waals surface area contributed by atoms with Gasteiger partial charge < -0.3 is 14.2 Å². The van der Waals surface area contributed by atoms with Gasteiger partial charge >= 0.3 is 0 Å². The van der Waals surface area contributed by atoms with Crippen molar-refractivity contribution >= 4 is 17.5 Å². The standard InChI is InChI=1S/C13H19ClN2O3/c1-9-11(13(14)19-15-9)6-12(17)16-5-3-4-10(7-16)8-18-2/h10H,3-8H2,1-2H3/t10-/m0/s1. The van der Waals surface area contributed by atoms with Crippen LogP contribution in [0.2, 0.25) is 5.22 Å². The lowest BCUT2D eigenvalue weighted by molar-refractivity contribution is -0.132. The molecular weight excluding hydrogens is 268 g/mol. The van der Waals surface area contributed by atoms with E-state index in [-0.39, 0.29) is 17.5 Å². The van der Waals surface area contributed by atoms with Crippen molar-refractivity contribution < 1.29 is 14.1 Å². The van der Waals surface area contributed by atoms with Crippen LogP contribution in [0.1, 0.15) is 24.1 Å². The Morgan fingerprint density at radius 3 is 3.05 bits per heavy atom. The molecule has 5 nitrogen and oxygen atoms in total. The van der Waals surface area contributed by atoms with E-state index < -0.39 is 0 Å². The largest absolute Gasteiger partial charge is 0.384 e. The molecule has 0 radical (unpaired) electrons. The van der Waals surface area contributed by atoms with Crippen molar-refractivity contribution in [2.75, 3.05) is 26.8 Å². The predicted molar refractivity (Wildman–Crippen MR) is 71.1 cm³/mol. The summed E-state index contributed by atoms with van der Waals surface area (Å²) in [4.78, 5) is 14.2. The van der Waals surface area contributed by atoms with Gasteiger partial charge in [0, 0.05) is 25.8 Å². The van der Waals surface area contributed by atoms with Crippen LogP contribution in [0, 0.1) is 12.8 Å². The van der Waals surface area contributed by atoms with Gasteiger partial charge in [0.2, 0.25) is 11.1 Å². The molecular formula is C13H19ClN2O3. The van der Waals surface area contributed by atoms with E-state index in [0.717, 1.165) is 25.9 Å². The number of nitrogens with zero attached hydrogens (tertiary/aromatic N) is 2. The lowest BCUT2D eigenvalue weighted by Gasteiger charge is -2.32. The van der Waals surface area contributed by atoms with Crippen molar-refractivity contribution in [2.24, 2.45) is 5.92 Å². The number of aromatic nitrogens is 1. The van der Waals surface area contributed by atoms with Gasteiger partial charge in [-0.3, -0.25) is 4.79 Å². The van der Waals surface area contributed by atoms with Gasteiger partial charge in [0.05, 0.1) is 18.7 Å². The Morgan fingerprint density at radius 1 is 1.63 bits per heavy atom. The van der Waals surface area contributed by atoms with Crippen LogP contribution in [0.15, 0.2) is 4.52 Å². The summed E-state index contributed by atoms with van der Waals surface area (Å²) in [6.07, 6.45) is 2.40. The smallest absolute Gasteiger partial charge is 0.229 e. The second kappa shape index (κ2) is 6.39. The lowest BCUT2D eigenvalue weighted by Crippen LogP contribution is -2.41. The fourth-order valence-electron chi connectivity index (χ4n) is 2.48. The normalized spacial score (nSPS) is 19.7. The number of piperidine rings is 1. The topological polar surface area (TPSA) is 55.6 Å². The number of amides is 1. The van der Waals surface area contributed by atoms with Gasteiger partial charge in [-0.25, -0.2) is 0 Å². The van der Waals surface area contributed by atoms with Gasteiger partial charge in [0.1, 0.15) is 0 Å². The summed E-state index contributed by atoms with van der Waals surface area (Å²) in [6, 6.07) is 0. The van der Waals surface area contributed by atoms with Gasteiger partial charge in [-0.05, 0) is 37.3 Å². The number of carbonyl (C=O) groups is 1. The Balaban J connectivity index is 1.96. The molecule has 0 aromatic carbocycles. The Bertz CT molecular complexity index is 426. The molecule has 1 aromatic rings. The molecule has 1 saturated heterocycles. The second-order valence-corrected chi connectivity index (χ2v) is 5.34. The molecule has 1 atom stereocenters.